The van der Waals surface area contributed by atoms with E-state index in [9.17, 15) is 22.8 Å². The number of rotatable bonds is 6. The van der Waals surface area contributed by atoms with Crippen molar-refractivity contribution in [3.63, 3.8) is 0 Å². The van der Waals surface area contributed by atoms with Gasteiger partial charge in [0.05, 0.1) is 38.7 Å². The summed E-state index contributed by atoms with van der Waals surface area (Å²) in [6.45, 7) is 0.0939. The van der Waals surface area contributed by atoms with Crippen molar-refractivity contribution >= 4 is 61.5 Å². The molecule has 0 aliphatic heterocycles. The number of amides is 3. The van der Waals surface area contributed by atoms with E-state index in [-0.39, 0.29) is 34.4 Å². The zero-order chi connectivity index (χ0) is 32.1. The van der Waals surface area contributed by atoms with Gasteiger partial charge in [-0.25, -0.2) is 14.8 Å². The van der Waals surface area contributed by atoms with Crippen LogP contribution in [0.3, 0.4) is 0 Å². The molecule has 3 aromatic carbocycles. The fourth-order valence-electron chi connectivity index (χ4n) is 4.89. The summed E-state index contributed by atoms with van der Waals surface area (Å²) in [5, 5.41) is 9.17. The van der Waals surface area contributed by atoms with Gasteiger partial charge in [0.25, 0.3) is 0 Å². The number of thiazole rings is 1. The third-order valence-electron chi connectivity index (χ3n) is 7.11. The number of alkyl halides is 3. The van der Waals surface area contributed by atoms with Crippen LogP contribution < -0.4 is 32.5 Å². The Morgan fingerprint density at radius 3 is 2.44 bits per heavy atom. The Labute approximate surface area is 259 Å². The fourth-order valence-corrected chi connectivity index (χ4v) is 5.75. The van der Waals surface area contributed by atoms with Gasteiger partial charge in [0, 0.05) is 10.9 Å². The number of fused-ring (bicyclic) bond motifs is 1. The van der Waals surface area contributed by atoms with Crippen LogP contribution in [0.25, 0.3) is 15.8 Å². The number of hydrogen-bond donors (Lipinski definition) is 5. The van der Waals surface area contributed by atoms with Gasteiger partial charge in [-0.05, 0) is 78.8 Å². The van der Waals surface area contributed by atoms with Crippen molar-refractivity contribution in [2.75, 3.05) is 16.0 Å². The molecular formula is C30H29F3N9O2S+. The second-order valence-corrected chi connectivity index (χ2v) is 11.2. The second kappa shape index (κ2) is 13.1. The van der Waals surface area contributed by atoms with Crippen LogP contribution in [0.5, 0.6) is 0 Å². The summed E-state index contributed by atoms with van der Waals surface area (Å²) in [5.74, 6) is 4.14. The van der Waals surface area contributed by atoms with E-state index in [2.05, 4.69) is 31.7 Å². The maximum atomic E-state index is 13.7. The first-order valence-electron chi connectivity index (χ1n) is 13.8. The van der Waals surface area contributed by atoms with E-state index in [1.165, 1.54) is 10.5 Å². The van der Waals surface area contributed by atoms with E-state index in [0.29, 0.717) is 16.0 Å². The molecule has 11 nitrogen and oxygen atoms in total. The number of nitrogens with one attached hydrogen (secondary N) is 2. The maximum Gasteiger partial charge on any atom is 0.416 e. The van der Waals surface area contributed by atoms with E-state index < -0.39 is 23.7 Å². The summed E-state index contributed by atoms with van der Waals surface area (Å²) < 4.78 is 40.3. The van der Waals surface area contributed by atoms with Crippen molar-refractivity contribution in [1.82, 2.24) is 4.98 Å². The number of nitrogen functional groups attached to an aromatic ring is 1. The van der Waals surface area contributed by atoms with Gasteiger partial charge in [-0.3, -0.25) is 26.6 Å². The molecule has 1 aliphatic rings. The van der Waals surface area contributed by atoms with Crippen LogP contribution in [0, 0.1) is 0 Å². The third-order valence-corrected chi connectivity index (χ3v) is 8.15. The molecule has 1 heterocycles. The number of anilines is 3. The minimum absolute atomic E-state index is 0.0268. The van der Waals surface area contributed by atoms with Gasteiger partial charge in [0.15, 0.2) is 5.13 Å². The van der Waals surface area contributed by atoms with Crippen LogP contribution >= 0.6 is 11.3 Å². The zero-order valence-corrected chi connectivity index (χ0v) is 24.6. The number of aromatic nitrogens is 1. The summed E-state index contributed by atoms with van der Waals surface area (Å²) in [5.41, 5.74) is 14.3. The van der Waals surface area contributed by atoms with Crippen molar-refractivity contribution in [2.24, 2.45) is 21.9 Å². The molecule has 1 aromatic heterocycles. The molecular weight excluding hydrogens is 607 g/mol. The molecule has 0 atom stereocenters. The number of halogens is 3. The van der Waals surface area contributed by atoms with E-state index in [0.717, 1.165) is 54.7 Å². The number of hydrogen-bond acceptors (Lipinski definition) is 6. The molecule has 8 N–H and O–H groups in total. The Balaban J connectivity index is 1.42. The Hall–Kier alpha value is -5.31. The molecule has 232 valence electrons. The highest BCUT2D eigenvalue weighted by molar-refractivity contribution is 7.23. The number of carbonyl (C=O) groups is 2. The standard InChI is InChI=1S/C30H28F3N9O2S/c31-30(32,33)21-14-23(34)25-24(15-21)37-28(45-25)39-29(44)42(22-12-10-19(11-13-22)18-4-2-1-3-5-18)16-17-6-8-20(9-7-17)26(43)38-27(35)40-41-36/h4,6-15H,1-3,5,16,34H2,(H,37,39,44)(H4,35,36,38,40,43)/p+1. The van der Waals surface area contributed by atoms with Crippen LogP contribution in [-0.2, 0) is 12.7 Å². The minimum Gasteiger partial charge on any atom is -0.398 e. The molecule has 1 aliphatic carbocycles. The van der Waals surface area contributed by atoms with Gasteiger partial charge in [0.1, 0.15) is 0 Å². The molecule has 0 saturated carbocycles. The van der Waals surface area contributed by atoms with E-state index in [1.807, 2.05) is 24.3 Å². The van der Waals surface area contributed by atoms with Crippen molar-refractivity contribution in [2.45, 2.75) is 38.4 Å². The van der Waals surface area contributed by atoms with Crippen LogP contribution in [-0.4, -0.2) is 22.9 Å². The second-order valence-electron chi connectivity index (χ2n) is 10.2. The number of allylic oxidation sites excluding steroid dienone is 2. The number of urea groups is 1. The fraction of sp³-hybridized carbons (Fsp3) is 0.200. The van der Waals surface area contributed by atoms with Crippen molar-refractivity contribution in [1.29, 1.82) is 0 Å². The van der Waals surface area contributed by atoms with Gasteiger partial charge in [0.2, 0.25) is 0 Å². The SMILES string of the molecule is N/N=N\C(N)=[NH+]C(=O)c1ccc(CN(C(=O)Nc2nc3cc(C(F)(F)F)cc(N)c3s2)c2ccc(C3=CCCCC3)cc2)cc1. The molecule has 0 unspecified atom stereocenters. The van der Waals surface area contributed by atoms with E-state index >= 15 is 0 Å². The zero-order valence-electron chi connectivity index (χ0n) is 23.8. The molecule has 15 heteroatoms. The molecule has 45 heavy (non-hydrogen) atoms. The summed E-state index contributed by atoms with van der Waals surface area (Å²) in [6.07, 6.45) is 1.93. The number of benzene rings is 3. The van der Waals surface area contributed by atoms with Gasteiger partial charge >= 0.3 is 24.1 Å². The summed E-state index contributed by atoms with van der Waals surface area (Å²) in [7, 11) is 0. The van der Waals surface area contributed by atoms with Crippen LogP contribution in [0.15, 0.2) is 77.1 Å². The Kier molecular flexibility index (Phi) is 9.08. The van der Waals surface area contributed by atoms with Gasteiger partial charge in [-0.2, -0.15) is 13.2 Å². The lowest BCUT2D eigenvalue weighted by Crippen LogP contribution is -2.79. The lowest BCUT2D eigenvalue weighted by Gasteiger charge is -2.23. The Morgan fingerprint density at radius 2 is 1.80 bits per heavy atom. The topological polar surface area (TPSA) is 179 Å². The predicted molar refractivity (Wildman–Crippen MR) is 167 cm³/mol. The van der Waals surface area contributed by atoms with Crippen molar-refractivity contribution in [3.8, 4) is 0 Å². The van der Waals surface area contributed by atoms with Crippen LogP contribution in [0.2, 0.25) is 0 Å². The largest absolute Gasteiger partial charge is 0.416 e. The molecule has 0 saturated heterocycles. The normalized spacial score (nSPS) is 14.0. The van der Waals surface area contributed by atoms with Crippen LogP contribution in [0.1, 0.15) is 52.7 Å². The average Bonchev–Trinajstić information content (AvgIpc) is 3.43. The number of nitrogens with two attached hydrogens (primary N) is 3. The van der Waals surface area contributed by atoms with Gasteiger partial charge in [-0.1, -0.05) is 41.7 Å². The molecule has 3 amide bonds. The lowest BCUT2D eigenvalue weighted by atomic mass is 9.93. The Bertz CT molecular complexity index is 1820. The Morgan fingerprint density at radius 1 is 1.07 bits per heavy atom. The number of guanidine groups is 1. The van der Waals surface area contributed by atoms with Gasteiger partial charge < -0.3 is 5.73 Å². The average molecular weight is 637 g/mol. The number of nitrogens with zero attached hydrogens (tertiary/aromatic N) is 4. The minimum atomic E-state index is -4.59. The van der Waals surface area contributed by atoms with E-state index in [4.69, 9.17) is 17.3 Å². The molecule has 5 rings (SSSR count). The highest BCUT2D eigenvalue weighted by Gasteiger charge is 2.32. The quantitative estimate of drug-likeness (QED) is 0.0499. The van der Waals surface area contributed by atoms with Crippen LogP contribution in [0.4, 0.5) is 34.5 Å². The summed E-state index contributed by atoms with van der Waals surface area (Å²) in [6, 6.07) is 15.2. The smallest absolute Gasteiger partial charge is 0.398 e. The summed E-state index contributed by atoms with van der Waals surface area (Å²) in [4.78, 5) is 34.1. The van der Waals surface area contributed by atoms with Crippen molar-refractivity contribution < 1.29 is 27.8 Å². The first-order chi connectivity index (χ1) is 21.5. The highest BCUT2D eigenvalue weighted by atomic mass is 32.1. The van der Waals surface area contributed by atoms with E-state index in [1.54, 1.807) is 24.3 Å². The molecule has 0 radical (unpaired) electrons. The first kappa shape index (κ1) is 31.1. The molecule has 0 bridgehead atoms. The van der Waals surface area contributed by atoms with Crippen molar-refractivity contribution in [3.05, 3.63) is 89.0 Å². The lowest BCUT2D eigenvalue weighted by molar-refractivity contribution is -0.347. The first-order valence-corrected chi connectivity index (χ1v) is 14.6. The molecule has 0 spiro atoms. The summed E-state index contributed by atoms with van der Waals surface area (Å²) >= 11 is 0.977. The predicted octanol–water partition coefficient (Wildman–Crippen LogP) is 4.95. The maximum absolute atomic E-state index is 13.7. The molecule has 4 aromatic rings. The third kappa shape index (κ3) is 7.44. The molecule has 0 fully saturated rings. The number of carbonyl (C=O) groups excluding carboxylic acids is 2. The highest BCUT2D eigenvalue weighted by Crippen LogP contribution is 2.38. The monoisotopic (exact) mass is 636 g/mol. The van der Waals surface area contributed by atoms with Gasteiger partial charge in [-0.15, -0.1) is 0 Å².